The fourth-order valence-corrected chi connectivity index (χ4v) is 2.22. The summed E-state index contributed by atoms with van der Waals surface area (Å²) in [5, 5.41) is 2.77. The van der Waals surface area contributed by atoms with E-state index in [4.69, 9.17) is 4.74 Å². The van der Waals surface area contributed by atoms with E-state index >= 15 is 0 Å². The second-order valence-electron chi connectivity index (χ2n) is 3.77. The second-order valence-corrected chi connectivity index (χ2v) is 5.54. The minimum atomic E-state index is -0.202. The fourth-order valence-electron chi connectivity index (χ4n) is 1.45. The first-order chi connectivity index (χ1) is 9.15. The van der Waals surface area contributed by atoms with Crippen molar-refractivity contribution in [3.63, 3.8) is 0 Å². The van der Waals surface area contributed by atoms with E-state index in [1.165, 1.54) is 0 Å². The highest BCUT2D eigenvalue weighted by atomic mass is 79.9. The number of carbonyl (C=O) groups is 1. The fraction of sp³-hybridized carbons (Fsp3) is 0.0714. The molecule has 0 radical (unpaired) electrons. The van der Waals surface area contributed by atoms with Crippen molar-refractivity contribution in [2.24, 2.45) is 0 Å². The molecule has 1 amide bonds. The van der Waals surface area contributed by atoms with E-state index in [-0.39, 0.29) is 12.5 Å². The lowest BCUT2D eigenvalue weighted by Crippen LogP contribution is -2.20. The molecule has 0 atom stereocenters. The van der Waals surface area contributed by atoms with Gasteiger partial charge in [0.05, 0.1) is 5.69 Å². The summed E-state index contributed by atoms with van der Waals surface area (Å²) in [5.74, 6) is 0.448. The number of para-hydroxylation sites is 1. The summed E-state index contributed by atoms with van der Waals surface area (Å²) in [4.78, 5) is 11.8. The van der Waals surface area contributed by atoms with Gasteiger partial charge in [-0.1, -0.05) is 34.1 Å². The molecular formula is C14H11Br2NO2. The van der Waals surface area contributed by atoms with Crippen LogP contribution in [0.15, 0.2) is 57.5 Å². The molecule has 0 saturated heterocycles. The number of ether oxygens (including phenoxy) is 1. The molecular weight excluding hydrogens is 374 g/mol. The van der Waals surface area contributed by atoms with Crippen molar-refractivity contribution in [3.05, 3.63) is 57.5 Å². The molecule has 19 heavy (non-hydrogen) atoms. The van der Waals surface area contributed by atoms with Gasteiger partial charge in [-0.15, -0.1) is 0 Å². The van der Waals surface area contributed by atoms with Crippen LogP contribution in [0.5, 0.6) is 5.75 Å². The normalized spacial score (nSPS) is 10.0. The number of halogens is 2. The minimum absolute atomic E-state index is 0.0300. The molecule has 0 aromatic heterocycles. The maximum absolute atomic E-state index is 11.8. The first-order valence-corrected chi connectivity index (χ1v) is 7.16. The molecule has 5 heteroatoms. The van der Waals surface area contributed by atoms with Crippen molar-refractivity contribution in [1.29, 1.82) is 0 Å². The van der Waals surface area contributed by atoms with Gasteiger partial charge in [-0.25, -0.2) is 0 Å². The van der Waals surface area contributed by atoms with Crippen LogP contribution in [0.1, 0.15) is 0 Å². The van der Waals surface area contributed by atoms with Gasteiger partial charge in [0, 0.05) is 8.95 Å². The third-order valence-electron chi connectivity index (χ3n) is 2.31. The molecule has 0 bridgehead atoms. The summed E-state index contributed by atoms with van der Waals surface area (Å²) in [5.41, 5.74) is 0.727. The number of rotatable bonds is 4. The third kappa shape index (κ3) is 4.36. The van der Waals surface area contributed by atoms with Crippen molar-refractivity contribution in [2.75, 3.05) is 11.9 Å². The van der Waals surface area contributed by atoms with Gasteiger partial charge in [0.15, 0.2) is 6.61 Å². The molecule has 3 nitrogen and oxygen atoms in total. The molecule has 1 N–H and O–H groups in total. The van der Waals surface area contributed by atoms with Gasteiger partial charge >= 0.3 is 0 Å². The molecule has 98 valence electrons. The molecule has 2 rings (SSSR count). The molecule has 2 aromatic carbocycles. The first-order valence-electron chi connectivity index (χ1n) is 5.58. The Morgan fingerprint density at radius 3 is 2.63 bits per heavy atom. The van der Waals surface area contributed by atoms with E-state index < -0.39 is 0 Å². The number of hydrogen-bond acceptors (Lipinski definition) is 2. The number of nitrogens with one attached hydrogen (secondary N) is 1. The molecule has 0 heterocycles. The maximum atomic E-state index is 11.8. The Morgan fingerprint density at radius 2 is 1.89 bits per heavy atom. The molecule has 0 aliphatic heterocycles. The monoisotopic (exact) mass is 383 g/mol. The lowest BCUT2D eigenvalue weighted by Gasteiger charge is -2.08. The third-order valence-corrected chi connectivity index (χ3v) is 3.50. The Labute approximate surface area is 128 Å². The predicted octanol–water partition coefficient (Wildman–Crippen LogP) is 4.23. The van der Waals surface area contributed by atoms with E-state index in [1.807, 2.05) is 42.5 Å². The quantitative estimate of drug-likeness (QED) is 0.856. The van der Waals surface area contributed by atoms with Crippen molar-refractivity contribution in [3.8, 4) is 5.75 Å². The van der Waals surface area contributed by atoms with E-state index in [0.29, 0.717) is 5.75 Å². The van der Waals surface area contributed by atoms with Crippen molar-refractivity contribution < 1.29 is 9.53 Å². The van der Waals surface area contributed by atoms with Crippen LogP contribution in [0, 0.1) is 0 Å². The van der Waals surface area contributed by atoms with E-state index in [2.05, 4.69) is 37.2 Å². The molecule has 0 aliphatic rings. The van der Waals surface area contributed by atoms with Gasteiger partial charge in [0.2, 0.25) is 0 Å². The number of carbonyl (C=O) groups excluding carboxylic acids is 1. The van der Waals surface area contributed by atoms with Crippen LogP contribution in [0.25, 0.3) is 0 Å². The first kappa shape index (κ1) is 14.1. The summed E-state index contributed by atoms with van der Waals surface area (Å²) in [6, 6.07) is 14.8. The number of amides is 1. The van der Waals surface area contributed by atoms with Crippen molar-refractivity contribution >= 4 is 43.5 Å². The maximum Gasteiger partial charge on any atom is 0.262 e. The highest BCUT2D eigenvalue weighted by molar-refractivity contribution is 9.10. The molecule has 0 spiro atoms. The van der Waals surface area contributed by atoms with Gasteiger partial charge < -0.3 is 10.1 Å². The molecule has 0 unspecified atom stereocenters. The van der Waals surface area contributed by atoms with E-state index in [0.717, 1.165) is 14.6 Å². The van der Waals surface area contributed by atoms with Crippen LogP contribution in [0.2, 0.25) is 0 Å². The average Bonchev–Trinajstić information content (AvgIpc) is 2.39. The zero-order chi connectivity index (χ0) is 13.7. The van der Waals surface area contributed by atoms with Gasteiger partial charge in [0.1, 0.15) is 5.75 Å². The van der Waals surface area contributed by atoms with E-state index in [1.54, 1.807) is 6.07 Å². The summed E-state index contributed by atoms with van der Waals surface area (Å²) < 4.78 is 7.16. The molecule has 2 aromatic rings. The minimum Gasteiger partial charge on any atom is -0.484 e. The zero-order valence-electron chi connectivity index (χ0n) is 9.90. The smallest absolute Gasteiger partial charge is 0.262 e. The summed E-state index contributed by atoms with van der Waals surface area (Å²) in [7, 11) is 0. The Balaban J connectivity index is 1.90. The highest BCUT2D eigenvalue weighted by Crippen LogP contribution is 2.21. The predicted molar refractivity (Wildman–Crippen MR) is 82.4 cm³/mol. The van der Waals surface area contributed by atoms with Gasteiger partial charge in [-0.3, -0.25) is 4.79 Å². The topological polar surface area (TPSA) is 38.3 Å². The highest BCUT2D eigenvalue weighted by Gasteiger charge is 2.06. The van der Waals surface area contributed by atoms with Crippen molar-refractivity contribution in [2.45, 2.75) is 0 Å². The summed E-state index contributed by atoms with van der Waals surface area (Å²) >= 11 is 6.71. The SMILES string of the molecule is O=C(COc1cccc(Br)c1)Nc1ccccc1Br. The van der Waals surface area contributed by atoms with Crippen LogP contribution >= 0.6 is 31.9 Å². The van der Waals surface area contributed by atoms with Crippen LogP contribution in [-0.4, -0.2) is 12.5 Å². The summed E-state index contributed by atoms with van der Waals surface area (Å²) in [6.07, 6.45) is 0. The Morgan fingerprint density at radius 1 is 1.11 bits per heavy atom. The number of hydrogen-bond donors (Lipinski definition) is 1. The van der Waals surface area contributed by atoms with Gasteiger partial charge in [0.25, 0.3) is 5.91 Å². The van der Waals surface area contributed by atoms with Crippen LogP contribution < -0.4 is 10.1 Å². The standard InChI is InChI=1S/C14H11Br2NO2/c15-10-4-3-5-11(8-10)19-9-14(18)17-13-7-2-1-6-12(13)16/h1-8H,9H2,(H,17,18). The largest absolute Gasteiger partial charge is 0.484 e. The van der Waals surface area contributed by atoms with Crippen LogP contribution in [0.4, 0.5) is 5.69 Å². The molecule has 0 fully saturated rings. The number of benzene rings is 2. The molecule has 0 saturated carbocycles. The van der Waals surface area contributed by atoms with Crippen LogP contribution in [-0.2, 0) is 4.79 Å². The second kappa shape index (κ2) is 6.73. The Bertz CT molecular complexity index is 587. The van der Waals surface area contributed by atoms with E-state index in [9.17, 15) is 4.79 Å². The van der Waals surface area contributed by atoms with Gasteiger partial charge in [-0.2, -0.15) is 0 Å². The lowest BCUT2D eigenvalue weighted by molar-refractivity contribution is -0.118. The van der Waals surface area contributed by atoms with Crippen LogP contribution in [0.3, 0.4) is 0 Å². The zero-order valence-corrected chi connectivity index (χ0v) is 13.1. The Hall–Kier alpha value is -1.33. The lowest BCUT2D eigenvalue weighted by atomic mass is 10.3. The Kier molecular flexibility index (Phi) is 4.99. The summed E-state index contributed by atoms with van der Waals surface area (Å²) in [6.45, 7) is -0.0300. The van der Waals surface area contributed by atoms with Crippen molar-refractivity contribution in [1.82, 2.24) is 0 Å². The average molecular weight is 385 g/mol. The van der Waals surface area contributed by atoms with Gasteiger partial charge in [-0.05, 0) is 46.3 Å². The molecule has 0 aliphatic carbocycles. The number of anilines is 1.